The summed E-state index contributed by atoms with van der Waals surface area (Å²) in [6, 6.07) is 2.40. The zero-order valence-corrected chi connectivity index (χ0v) is 11.3. The standard InChI is InChI=1S/C13H17NO3.ClH/c1-7(2)4-11(14)10-6-9(13(16)17)5-8(3)12(10)15;/h5-6,11,15H,1,4,14H2,2-3H3,(H,16,17);1H/t11-;/m1./s1. The third-order valence-electron chi connectivity index (χ3n) is 2.54. The third kappa shape index (κ3) is 3.75. The quantitative estimate of drug-likeness (QED) is 0.735. The van der Waals surface area contributed by atoms with E-state index >= 15 is 0 Å². The second-order valence-electron chi connectivity index (χ2n) is 4.30. The van der Waals surface area contributed by atoms with Crippen LogP contribution in [0.3, 0.4) is 0 Å². The van der Waals surface area contributed by atoms with E-state index in [-0.39, 0.29) is 23.7 Å². The number of hydrogen-bond donors (Lipinski definition) is 3. The lowest BCUT2D eigenvalue weighted by Gasteiger charge is -2.16. The molecule has 0 bridgehead atoms. The van der Waals surface area contributed by atoms with Crippen LogP contribution in [0.5, 0.6) is 5.75 Å². The molecule has 4 N–H and O–H groups in total. The minimum atomic E-state index is -1.03. The fourth-order valence-electron chi connectivity index (χ4n) is 1.70. The highest BCUT2D eigenvalue weighted by molar-refractivity contribution is 5.88. The third-order valence-corrected chi connectivity index (χ3v) is 2.54. The minimum Gasteiger partial charge on any atom is -0.507 e. The van der Waals surface area contributed by atoms with Crippen molar-refractivity contribution in [2.45, 2.75) is 26.3 Å². The summed E-state index contributed by atoms with van der Waals surface area (Å²) in [7, 11) is 0. The van der Waals surface area contributed by atoms with Crippen molar-refractivity contribution >= 4 is 18.4 Å². The van der Waals surface area contributed by atoms with Gasteiger partial charge in [0.2, 0.25) is 0 Å². The largest absolute Gasteiger partial charge is 0.507 e. The highest BCUT2D eigenvalue weighted by Gasteiger charge is 2.16. The summed E-state index contributed by atoms with van der Waals surface area (Å²) < 4.78 is 0. The zero-order valence-electron chi connectivity index (χ0n) is 10.4. The van der Waals surface area contributed by atoms with E-state index in [9.17, 15) is 9.90 Å². The van der Waals surface area contributed by atoms with Crippen LogP contribution < -0.4 is 5.73 Å². The van der Waals surface area contributed by atoms with Crippen molar-refractivity contribution in [3.63, 3.8) is 0 Å². The van der Waals surface area contributed by atoms with Crippen LogP contribution in [0.2, 0.25) is 0 Å². The second kappa shape index (κ2) is 6.42. The predicted molar refractivity (Wildman–Crippen MR) is 73.4 cm³/mol. The Balaban J connectivity index is 0.00000289. The number of carboxylic acids is 1. The number of carbonyl (C=O) groups is 1. The summed E-state index contributed by atoms with van der Waals surface area (Å²) in [6.45, 7) is 7.24. The molecule has 0 unspecified atom stereocenters. The van der Waals surface area contributed by atoms with Crippen molar-refractivity contribution in [3.8, 4) is 5.75 Å². The Morgan fingerprint density at radius 3 is 2.50 bits per heavy atom. The molecule has 1 aromatic rings. The van der Waals surface area contributed by atoms with Crippen LogP contribution in [0.1, 0.15) is 40.9 Å². The van der Waals surface area contributed by atoms with Gasteiger partial charge in [0.25, 0.3) is 0 Å². The van der Waals surface area contributed by atoms with E-state index in [0.717, 1.165) is 5.57 Å². The van der Waals surface area contributed by atoms with Gasteiger partial charge in [-0.2, -0.15) is 0 Å². The number of phenols is 1. The summed E-state index contributed by atoms with van der Waals surface area (Å²) in [5.41, 5.74) is 7.90. The van der Waals surface area contributed by atoms with Gasteiger partial charge in [-0.15, -0.1) is 19.0 Å². The number of aromatic carboxylic acids is 1. The molecule has 1 aromatic carbocycles. The average Bonchev–Trinajstić information content (AvgIpc) is 2.20. The monoisotopic (exact) mass is 271 g/mol. The van der Waals surface area contributed by atoms with Gasteiger partial charge in [-0.1, -0.05) is 5.57 Å². The van der Waals surface area contributed by atoms with Gasteiger partial charge in [0.05, 0.1) is 5.56 Å². The number of aryl methyl sites for hydroxylation is 1. The molecule has 0 saturated heterocycles. The van der Waals surface area contributed by atoms with E-state index in [2.05, 4.69) is 6.58 Å². The lowest BCUT2D eigenvalue weighted by atomic mass is 9.96. The lowest BCUT2D eigenvalue weighted by molar-refractivity contribution is 0.0696. The van der Waals surface area contributed by atoms with E-state index in [1.54, 1.807) is 6.92 Å². The van der Waals surface area contributed by atoms with Crippen molar-refractivity contribution in [3.05, 3.63) is 41.0 Å². The Kier molecular flexibility index (Phi) is 5.88. The molecule has 0 aliphatic carbocycles. The molecular weight excluding hydrogens is 254 g/mol. The summed E-state index contributed by atoms with van der Waals surface area (Å²) in [6.07, 6.45) is 0.510. The van der Waals surface area contributed by atoms with Gasteiger partial charge in [0.1, 0.15) is 5.75 Å². The number of aromatic hydroxyl groups is 1. The summed E-state index contributed by atoms with van der Waals surface area (Å²) in [5.74, 6) is -0.972. The van der Waals surface area contributed by atoms with E-state index < -0.39 is 12.0 Å². The molecule has 1 atom stereocenters. The Hall–Kier alpha value is -1.52. The maximum absolute atomic E-state index is 10.9. The Morgan fingerprint density at radius 2 is 2.06 bits per heavy atom. The van der Waals surface area contributed by atoms with Crippen molar-refractivity contribution < 1.29 is 15.0 Å². The molecule has 0 aliphatic heterocycles. The van der Waals surface area contributed by atoms with E-state index in [0.29, 0.717) is 17.5 Å². The molecule has 0 aromatic heterocycles. The van der Waals surface area contributed by atoms with E-state index in [1.807, 2.05) is 6.92 Å². The number of hydrogen-bond acceptors (Lipinski definition) is 3. The highest BCUT2D eigenvalue weighted by Crippen LogP contribution is 2.30. The zero-order chi connectivity index (χ0) is 13.2. The highest BCUT2D eigenvalue weighted by atomic mass is 35.5. The molecule has 0 aliphatic rings. The van der Waals surface area contributed by atoms with Crippen LogP contribution >= 0.6 is 12.4 Å². The molecule has 0 spiro atoms. The molecule has 4 nitrogen and oxygen atoms in total. The van der Waals surface area contributed by atoms with Crippen molar-refractivity contribution in [2.75, 3.05) is 0 Å². The molecule has 0 amide bonds. The fraction of sp³-hybridized carbons (Fsp3) is 0.308. The first-order valence-corrected chi connectivity index (χ1v) is 5.29. The number of halogens is 1. The predicted octanol–water partition coefficient (Wildman–Crippen LogP) is 2.79. The summed E-state index contributed by atoms with van der Waals surface area (Å²) in [5, 5.41) is 18.8. The molecule has 5 heteroatoms. The minimum absolute atomic E-state index is 0. The van der Waals surface area contributed by atoms with Crippen LogP contribution in [0.25, 0.3) is 0 Å². The number of phenolic OH excluding ortho intramolecular Hbond substituents is 1. The normalized spacial score (nSPS) is 11.5. The van der Waals surface area contributed by atoms with Crippen LogP contribution in [-0.2, 0) is 0 Å². The maximum atomic E-state index is 10.9. The Morgan fingerprint density at radius 1 is 1.50 bits per heavy atom. The van der Waals surface area contributed by atoms with Crippen LogP contribution in [0, 0.1) is 6.92 Å². The van der Waals surface area contributed by atoms with Crippen molar-refractivity contribution in [1.82, 2.24) is 0 Å². The maximum Gasteiger partial charge on any atom is 0.335 e. The first-order chi connectivity index (χ1) is 7.82. The van der Waals surface area contributed by atoms with Gasteiger partial charge in [-0.05, 0) is 38.0 Å². The summed E-state index contributed by atoms with van der Waals surface area (Å²) in [4.78, 5) is 10.9. The van der Waals surface area contributed by atoms with Crippen LogP contribution in [0.4, 0.5) is 0 Å². The first kappa shape index (κ1) is 16.5. The van der Waals surface area contributed by atoms with Gasteiger partial charge in [-0.25, -0.2) is 4.79 Å². The molecule has 0 fully saturated rings. The van der Waals surface area contributed by atoms with Gasteiger partial charge in [0, 0.05) is 11.6 Å². The Labute approximate surface area is 113 Å². The van der Waals surface area contributed by atoms with Crippen molar-refractivity contribution in [1.29, 1.82) is 0 Å². The van der Waals surface area contributed by atoms with Crippen LogP contribution in [0.15, 0.2) is 24.3 Å². The topological polar surface area (TPSA) is 83.6 Å². The van der Waals surface area contributed by atoms with Gasteiger partial charge < -0.3 is 15.9 Å². The molecular formula is C13H18ClNO3. The van der Waals surface area contributed by atoms with Crippen molar-refractivity contribution in [2.24, 2.45) is 5.73 Å². The van der Waals surface area contributed by atoms with Gasteiger partial charge in [-0.3, -0.25) is 0 Å². The Bertz CT molecular complexity index is 472. The fourth-order valence-corrected chi connectivity index (χ4v) is 1.70. The summed E-state index contributed by atoms with van der Waals surface area (Å²) >= 11 is 0. The second-order valence-corrected chi connectivity index (χ2v) is 4.30. The number of carboxylic acid groups (broad SMARTS) is 1. The lowest BCUT2D eigenvalue weighted by Crippen LogP contribution is -2.12. The van der Waals surface area contributed by atoms with E-state index in [1.165, 1.54) is 12.1 Å². The molecule has 0 heterocycles. The average molecular weight is 272 g/mol. The van der Waals surface area contributed by atoms with Gasteiger partial charge in [0.15, 0.2) is 0 Å². The van der Waals surface area contributed by atoms with Gasteiger partial charge >= 0.3 is 5.97 Å². The number of benzene rings is 1. The number of rotatable bonds is 4. The first-order valence-electron chi connectivity index (χ1n) is 5.29. The smallest absolute Gasteiger partial charge is 0.335 e. The molecule has 100 valence electrons. The molecule has 18 heavy (non-hydrogen) atoms. The molecule has 1 rings (SSSR count). The van der Waals surface area contributed by atoms with Crippen LogP contribution in [-0.4, -0.2) is 16.2 Å². The SMILES string of the molecule is C=C(C)C[C@@H](N)c1cc(C(=O)O)cc(C)c1O.Cl. The van der Waals surface area contributed by atoms with E-state index in [4.69, 9.17) is 10.8 Å². The molecule has 0 radical (unpaired) electrons. The number of nitrogens with two attached hydrogens (primary N) is 1. The molecule has 0 saturated carbocycles.